The Kier molecular flexibility index (Phi) is 5.88. The number of carbonyl (C=O) groups excluding carboxylic acids is 1. The van der Waals surface area contributed by atoms with Crippen molar-refractivity contribution in [3.05, 3.63) is 42.0 Å². The maximum Gasteiger partial charge on any atom is 0.260 e. The fourth-order valence-corrected chi connectivity index (χ4v) is 2.90. The summed E-state index contributed by atoms with van der Waals surface area (Å²) in [5.41, 5.74) is 1.03. The predicted molar refractivity (Wildman–Crippen MR) is 102 cm³/mol. The van der Waals surface area contributed by atoms with Gasteiger partial charge in [-0.15, -0.1) is 10.2 Å². The average molecular weight is 355 g/mol. The molecule has 0 aliphatic carbocycles. The number of hydrogen-bond acceptors (Lipinski definition) is 6. The normalized spacial score (nSPS) is 14.2. The van der Waals surface area contributed by atoms with Gasteiger partial charge in [0.05, 0.1) is 0 Å². The number of rotatable bonds is 6. The molecular formula is C19H25N5O2. The number of nitrogens with zero attached hydrogens (tertiary/aromatic N) is 4. The molecule has 1 aromatic carbocycles. The van der Waals surface area contributed by atoms with Crippen molar-refractivity contribution in [1.82, 2.24) is 15.1 Å². The van der Waals surface area contributed by atoms with Crippen molar-refractivity contribution in [3.8, 4) is 5.75 Å². The highest BCUT2D eigenvalue weighted by Gasteiger charge is 2.22. The minimum atomic E-state index is 0.0153. The summed E-state index contributed by atoms with van der Waals surface area (Å²) >= 11 is 0. The van der Waals surface area contributed by atoms with Gasteiger partial charge in [-0.05, 0) is 37.6 Å². The van der Waals surface area contributed by atoms with Crippen molar-refractivity contribution in [2.24, 2.45) is 0 Å². The van der Waals surface area contributed by atoms with Gasteiger partial charge in [0.1, 0.15) is 11.6 Å². The Labute approximate surface area is 154 Å². The van der Waals surface area contributed by atoms with E-state index < -0.39 is 0 Å². The smallest absolute Gasteiger partial charge is 0.260 e. The largest absolute Gasteiger partial charge is 0.484 e. The van der Waals surface area contributed by atoms with Crippen LogP contribution in [-0.2, 0) is 4.79 Å². The van der Waals surface area contributed by atoms with Crippen molar-refractivity contribution in [3.63, 3.8) is 0 Å². The van der Waals surface area contributed by atoms with Gasteiger partial charge in [0.15, 0.2) is 12.4 Å². The first-order valence-corrected chi connectivity index (χ1v) is 8.96. The standard InChI is InChI=1S/C19H25N5O2/c1-3-20-17-8-9-18(22-21-17)23-10-12-24(13-11-23)19(25)14-26-16-7-5-4-6-15(16)2/h4-9H,3,10-14H2,1-2H3,(H,20,21). The van der Waals surface area contributed by atoms with Crippen LogP contribution in [0.3, 0.4) is 0 Å². The molecule has 1 aliphatic heterocycles. The summed E-state index contributed by atoms with van der Waals surface area (Å²) in [4.78, 5) is 16.4. The first kappa shape index (κ1) is 18.0. The van der Waals surface area contributed by atoms with Crippen LogP contribution in [-0.4, -0.2) is 60.3 Å². The first-order chi connectivity index (χ1) is 12.7. The molecule has 0 saturated carbocycles. The first-order valence-electron chi connectivity index (χ1n) is 8.96. The Bertz CT molecular complexity index is 727. The zero-order valence-corrected chi connectivity index (χ0v) is 15.3. The highest BCUT2D eigenvalue weighted by atomic mass is 16.5. The third-order valence-electron chi connectivity index (χ3n) is 4.41. The number of benzene rings is 1. The second-order valence-electron chi connectivity index (χ2n) is 6.23. The molecule has 0 atom stereocenters. The van der Waals surface area contributed by atoms with E-state index in [1.165, 1.54) is 0 Å². The number of aromatic nitrogens is 2. The van der Waals surface area contributed by atoms with Crippen LogP contribution in [0.4, 0.5) is 11.6 Å². The molecule has 7 heteroatoms. The average Bonchev–Trinajstić information content (AvgIpc) is 2.68. The maximum absolute atomic E-state index is 12.4. The van der Waals surface area contributed by atoms with E-state index in [2.05, 4.69) is 20.4 Å². The molecule has 0 unspecified atom stereocenters. The summed E-state index contributed by atoms with van der Waals surface area (Å²) in [6.07, 6.45) is 0. The zero-order chi connectivity index (χ0) is 18.4. The van der Waals surface area contributed by atoms with Gasteiger partial charge in [0.25, 0.3) is 5.91 Å². The lowest BCUT2D eigenvalue weighted by Gasteiger charge is -2.35. The van der Waals surface area contributed by atoms with Crippen LogP contribution >= 0.6 is 0 Å². The second-order valence-corrected chi connectivity index (χ2v) is 6.23. The van der Waals surface area contributed by atoms with E-state index in [9.17, 15) is 4.79 Å². The fraction of sp³-hybridized carbons (Fsp3) is 0.421. The van der Waals surface area contributed by atoms with E-state index in [1.807, 2.05) is 55.1 Å². The van der Waals surface area contributed by atoms with Gasteiger partial charge in [-0.25, -0.2) is 0 Å². The van der Waals surface area contributed by atoms with Crippen LogP contribution in [0.25, 0.3) is 0 Å². The quantitative estimate of drug-likeness (QED) is 0.854. The molecule has 1 N–H and O–H groups in total. The lowest BCUT2D eigenvalue weighted by Crippen LogP contribution is -2.50. The van der Waals surface area contributed by atoms with E-state index in [0.29, 0.717) is 13.1 Å². The molecule has 0 radical (unpaired) electrons. The molecule has 7 nitrogen and oxygen atoms in total. The zero-order valence-electron chi connectivity index (χ0n) is 15.3. The SMILES string of the molecule is CCNc1ccc(N2CCN(C(=O)COc3ccccc3C)CC2)nn1. The number of amides is 1. The minimum absolute atomic E-state index is 0.0153. The van der Waals surface area contributed by atoms with E-state index in [-0.39, 0.29) is 12.5 Å². The Morgan fingerprint density at radius 3 is 2.54 bits per heavy atom. The number of ether oxygens (including phenoxy) is 1. The lowest BCUT2D eigenvalue weighted by molar-refractivity contribution is -0.133. The van der Waals surface area contributed by atoms with Gasteiger partial charge >= 0.3 is 0 Å². The number of para-hydroxylation sites is 1. The summed E-state index contributed by atoms with van der Waals surface area (Å²) in [5, 5.41) is 11.6. The summed E-state index contributed by atoms with van der Waals surface area (Å²) in [6.45, 7) is 7.69. The molecule has 1 saturated heterocycles. The van der Waals surface area contributed by atoms with Crippen molar-refractivity contribution in [2.45, 2.75) is 13.8 Å². The fourth-order valence-electron chi connectivity index (χ4n) is 2.90. The van der Waals surface area contributed by atoms with Gasteiger partial charge in [-0.2, -0.15) is 0 Å². The van der Waals surface area contributed by atoms with Gasteiger partial charge in [-0.3, -0.25) is 4.79 Å². The van der Waals surface area contributed by atoms with Crippen molar-refractivity contribution in [2.75, 3.05) is 49.5 Å². The molecule has 1 amide bonds. The molecule has 1 aromatic heterocycles. The lowest BCUT2D eigenvalue weighted by atomic mass is 10.2. The van der Waals surface area contributed by atoms with E-state index >= 15 is 0 Å². The molecule has 138 valence electrons. The third kappa shape index (κ3) is 4.41. The van der Waals surface area contributed by atoms with Gasteiger partial charge < -0.3 is 19.9 Å². The number of hydrogen-bond donors (Lipinski definition) is 1. The Morgan fingerprint density at radius 2 is 1.88 bits per heavy atom. The van der Waals surface area contributed by atoms with E-state index in [1.54, 1.807) is 0 Å². The van der Waals surface area contributed by atoms with Crippen molar-refractivity contribution >= 4 is 17.5 Å². The molecule has 2 aromatic rings. The number of aryl methyl sites for hydroxylation is 1. The Hall–Kier alpha value is -2.83. The highest BCUT2D eigenvalue weighted by molar-refractivity contribution is 5.78. The number of piperazine rings is 1. The second kappa shape index (κ2) is 8.51. The maximum atomic E-state index is 12.4. The predicted octanol–water partition coefficient (Wildman–Crippen LogP) is 1.94. The number of anilines is 2. The summed E-state index contributed by atoms with van der Waals surface area (Å²) < 4.78 is 5.67. The van der Waals surface area contributed by atoms with Crippen LogP contribution in [0.15, 0.2) is 36.4 Å². The molecule has 26 heavy (non-hydrogen) atoms. The summed E-state index contributed by atoms with van der Waals surface area (Å²) in [6, 6.07) is 11.6. The molecule has 1 aliphatic rings. The Balaban J connectivity index is 1.48. The van der Waals surface area contributed by atoms with Gasteiger partial charge in [0, 0.05) is 32.7 Å². The minimum Gasteiger partial charge on any atom is -0.484 e. The topological polar surface area (TPSA) is 70.6 Å². The van der Waals surface area contributed by atoms with Crippen LogP contribution < -0.4 is 15.0 Å². The van der Waals surface area contributed by atoms with Crippen molar-refractivity contribution in [1.29, 1.82) is 0 Å². The Morgan fingerprint density at radius 1 is 1.12 bits per heavy atom. The van der Waals surface area contributed by atoms with Crippen LogP contribution in [0.2, 0.25) is 0 Å². The van der Waals surface area contributed by atoms with Gasteiger partial charge in [0.2, 0.25) is 0 Å². The van der Waals surface area contributed by atoms with Crippen LogP contribution in [0, 0.1) is 6.92 Å². The highest BCUT2D eigenvalue weighted by Crippen LogP contribution is 2.17. The van der Waals surface area contributed by atoms with E-state index in [4.69, 9.17) is 4.74 Å². The van der Waals surface area contributed by atoms with Crippen LogP contribution in [0.1, 0.15) is 12.5 Å². The summed E-state index contributed by atoms with van der Waals surface area (Å²) in [5.74, 6) is 2.39. The van der Waals surface area contributed by atoms with E-state index in [0.717, 1.165) is 42.6 Å². The van der Waals surface area contributed by atoms with Gasteiger partial charge in [-0.1, -0.05) is 18.2 Å². The molecule has 0 spiro atoms. The monoisotopic (exact) mass is 355 g/mol. The molecule has 3 rings (SSSR count). The van der Waals surface area contributed by atoms with Crippen molar-refractivity contribution < 1.29 is 9.53 Å². The number of nitrogens with one attached hydrogen (secondary N) is 1. The molecular weight excluding hydrogens is 330 g/mol. The molecule has 2 heterocycles. The third-order valence-corrected chi connectivity index (χ3v) is 4.41. The van der Waals surface area contributed by atoms with Crippen LogP contribution in [0.5, 0.6) is 5.75 Å². The number of carbonyl (C=O) groups is 1. The molecule has 0 bridgehead atoms. The summed E-state index contributed by atoms with van der Waals surface area (Å²) in [7, 11) is 0. The molecule has 1 fully saturated rings.